The minimum Gasteiger partial charge on any atom is -0.457 e. The van der Waals surface area contributed by atoms with Gasteiger partial charge in [-0.05, 0) is 48.4 Å². The first-order valence-corrected chi connectivity index (χ1v) is 6.61. The molecule has 0 amide bonds. The Morgan fingerprint density at radius 3 is 2.76 bits per heavy atom. The highest BCUT2D eigenvalue weighted by molar-refractivity contribution is 6.31. The largest absolute Gasteiger partial charge is 0.457 e. The second kappa shape index (κ2) is 6.29. The Labute approximate surface area is 127 Å². The molecule has 2 aromatic rings. The first-order valence-electron chi connectivity index (χ1n) is 6.23. The van der Waals surface area contributed by atoms with Crippen molar-refractivity contribution in [1.29, 1.82) is 5.26 Å². The van der Waals surface area contributed by atoms with Crippen molar-refractivity contribution in [2.45, 2.75) is 13.5 Å². The number of benzene rings is 2. The summed E-state index contributed by atoms with van der Waals surface area (Å²) in [4.78, 5) is 12.0. The monoisotopic (exact) mass is 300 g/mol. The predicted octanol–water partition coefficient (Wildman–Crippen LogP) is 3.46. The molecule has 0 spiro atoms. The van der Waals surface area contributed by atoms with E-state index in [-0.39, 0.29) is 12.2 Å². The van der Waals surface area contributed by atoms with Crippen LogP contribution in [0, 0.1) is 18.3 Å². The smallest absolute Gasteiger partial charge is 0.340 e. The molecular formula is C16H13ClN2O2. The number of nitrogens with zero attached hydrogens (tertiary/aromatic N) is 1. The number of nitrogen functional groups attached to an aromatic ring is 1. The number of nitrogens with two attached hydrogens (primary N) is 1. The Hall–Kier alpha value is -2.51. The van der Waals surface area contributed by atoms with E-state index in [9.17, 15) is 4.79 Å². The van der Waals surface area contributed by atoms with Crippen LogP contribution in [0.25, 0.3) is 0 Å². The van der Waals surface area contributed by atoms with E-state index in [1.807, 2.05) is 6.92 Å². The van der Waals surface area contributed by atoms with Crippen molar-refractivity contribution in [3.63, 3.8) is 0 Å². The summed E-state index contributed by atoms with van der Waals surface area (Å²) in [5.74, 6) is -0.529. The van der Waals surface area contributed by atoms with E-state index in [1.165, 1.54) is 6.07 Å². The van der Waals surface area contributed by atoms with Gasteiger partial charge in [0.25, 0.3) is 0 Å². The van der Waals surface area contributed by atoms with Gasteiger partial charge in [-0.25, -0.2) is 4.79 Å². The standard InChI is InChI=1S/C16H13ClN2O2/c1-10-6-11(8-18)2-3-12(10)9-21-16(20)14-7-13(17)4-5-15(14)19/h2-7H,9,19H2,1H3. The van der Waals surface area contributed by atoms with E-state index in [0.29, 0.717) is 16.3 Å². The third-order valence-electron chi connectivity index (χ3n) is 3.07. The highest BCUT2D eigenvalue weighted by Crippen LogP contribution is 2.20. The number of carbonyl (C=O) groups excluding carboxylic acids is 1. The highest BCUT2D eigenvalue weighted by Gasteiger charge is 2.12. The average Bonchev–Trinajstić information content (AvgIpc) is 2.48. The number of hydrogen-bond acceptors (Lipinski definition) is 4. The van der Waals surface area contributed by atoms with Gasteiger partial charge in [0.2, 0.25) is 0 Å². The van der Waals surface area contributed by atoms with Gasteiger partial charge in [-0.2, -0.15) is 5.26 Å². The lowest BCUT2D eigenvalue weighted by atomic mass is 10.1. The Kier molecular flexibility index (Phi) is 4.46. The SMILES string of the molecule is Cc1cc(C#N)ccc1COC(=O)c1cc(Cl)ccc1N. The van der Waals surface area contributed by atoms with E-state index in [0.717, 1.165) is 11.1 Å². The summed E-state index contributed by atoms with van der Waals surface area (Å²) in [7, 11) is 0. The summed E-state index contributed by atoms with van der Waals surface area (Å²) in [5, 5.41) is 9.24. The molecule has 5 heteroatoms. The van der Waals surface area contributed by atoms with Gasteiger partial charge in [-0.1, -0.05) is 17.7 Å². The fourth-order valence-electron chi connectivity index (χ4n) is 1.85. The molecule has 0 saturated heterocycles. The van der Waals surface area contributed by atoms with Crippen LogP contribution in [0.2, 0.25) is 5.02 Å². The first kappa shape index (κ1) is 14.9. The van der Waals surface area contributed by atoms with Crippen molar-refractivity contribution in [3.8, 4) is 6.07 Å². The lowest BCUT2D eigenvalue weighted by molar-refractivity contribution is 0.0473. The molecule has 0 unspecified atom stereocenters. The number of halogens is 1. The van der Waals surface area contributed by atoms with Gasteiger partial charge >= 0.3 is 5.97 Å². The Bertz CT molecular complexity index is 736. The second-order valence-electron chi connectivity index (χ2n) is 4.56. The molecule has 0 fully saturated rings. The summed E-state index contributed by atoms with van der Waals surface area (Å²) in [6, 6.07) is 11.9. The molecule has 2 aromatic carbocycles. The summed E-state index contributed by atoms with van der Waals surface area (Å²) in [6.45, 7) is 1.97. The number of carbonyl (C=O) groups is 1. The lowest BCUT2D eigenvalue weighted by Gasteiger charge is -2.09. The maximum absolute atomic E-state index is 12.0. The van der Waals surface area contributed by atoms with Crippen molar-refractivity contribution < 1.29 is 9.53 Å². The van der Waals surface area contributed by atoms with Crippen molar-refractivity contribution in [3.05, 3.63) is 63.7 Å². The van der Waals surface area contributed by atoms with Gasteiger partial charge < -0.3 is 10.5 Å². The molecule has 0 heterocycles. The van der Waals surface area contributed by atoms with Gasteiger partial charge in [0.15, 0.2) is 0 Å². The van der Waals surface area contributed by atoms with Crippen LogP contribution in [0.4, 0.5) is 5.69 Å². The molecule has 0 atom stereocenters. The fraction of sp³-hybridized carbons (Fsp3) is 0.125. The van der Waals surface area contributed by atoms with Gasteiger partial charge in [-0.15, -0.1) is 0 Å². The quantitative estimate of drug-likeness (QED) is 0.695. The number of nitriles is 1. The molecule has 21 heavy (non-hydrogen) atoms. The normalized spacial score (nSPS) is 9.95. The van der Waals surface area contributed by atoms with E-state index < -0.39 is 5.97 Å². The summed E-state index contributed by atoms with van der Waals surface area (Å²) in [5.41, 5.74) is 8.59. The number of aryl methyl sites for hydroxylation is 1. The zero-order valence-corrected chi connectivity index (χ0v) is 12.1. The lowest BCUT2D eigenvalue weighted by Crippen LogP contribution is -2.09. The topological polar surface area (TPSA) is 76.1 Å². The highest BCUT2D eigenvalue weighted by atomic mass is 35.5. The Balaban J connectivity index is 2.11. The van der Waals surface area contributed by atoms with Crippen LogP contribution in [-0.2, 0) is 11.3 Å². The predicted molar refractivity (Wildman–Crippen MR) is 80.9 cm³/mol. The second-order valence-corrected chi connectivity index (χ2v) is 5.00. The number of anilines is 1. The van der Waals surface area contributed by atoms with Crippen molar-refractivity contribution in [1.82, 2.24) is 0 Å². The van der Waals surface area contributed by atoms with E-state index in [2.05, 4.69) is 6.07 Å². The fourth-order valence-corrected chi connectivity index (χ4v) is 2.03. The van der Waals surface area contributed by atoms with Crippen LogP contribution in [0.1, 0.15) is 27.0 Å². The van der Waals surface area contributed by atoms with Gasteiger partial charge in [0, 0.05) is 10.7 Å². The van der Waals surface area contributed by atoms with Crippen LogP contribution >= 0.6 is 11.6 Å². The minimum absolute atomic E-state index is 0.113. The van der Waals surface area contributed by atoms with Crippen LogP contribution in [0.3, 0.4) is 0 Å². The van der Waals surface area contributed by atoms with Crippen molar-refractivity contribution in [2.24, 2.45) is 0 Å². The first-order chi connectivity index (χ1) is 10.0. The maximum atomic E-state index is 12.0. The Morgan fingerprint density at radius 1 is 1.33 bits per heavy atom. The molecule has 0 aliphatic carbocycles. The van der Waals surface area contributed by atoms with Crippen LogP contribution < -0.4 is 5.73 Å². The van der Waals surface area contributed by atoms with E-state index in [1.54, 1.807) is 30.3 Å². The molecule has 0 aliphatic rings. The molecule has 106 valence electrons. The number of rotatable bonds is 3. The zero-order chi connectivity index (χ0) is 15.4. The molecule has 0 aromatic heterocycles. The molecule has 4 nitrogen and oxygen atoms in total. The van der Waals surface area contributed by atoms with Crippen LogP contribution in [0.15, 0.2) is 36.4 Å². The minimum atomic E-state index is -0.529. The van der Waals surface area contributed by atoms with Gasteiger partial charge in [0.05, 0.1) is 17.2 Å². The molecule has 0 radical (unpaired) electrons. The molecule has 0 bridgehead atoms. The Morgan fingerprint density at radius 2 is 2.10 bits per heavy atom. The third-order valence-corrected chi connectivity index (χ3v) is 3.30. The molecule has 2 N–H and O–H groups in total. The van der Waals surface area contributed by atoms with Crippen LogP contribution in [0.5, 0.6) is 0 Å². The van der Waals surface area contributed by atoms with Crippen molar-refractivity contribution >= 4 is 23.3 Å². The molecular weight excluding hydrogens is 288 g/mol. The summed E-state index contributed by atoms with van der Waals surface area (Å²) < 4.78 is 5.24. The van der Waals surface area contributed by atoms with E-state index >= 15 is 0 Å². The van der Waals surface area contributed by atoms with Crippen molar-refractivity contribution in [2.75, 3.05) is 5.73 Å². The summed E-state index contributed by atoms with van der Waals surface area (Å²) >= 11 is 5.84. The number of hydrogen-bond donors (Lipinski definition) is 1. The molecule has 0 aliphatic heterocycles. The number of esters is 1. The number of ether oxygens (including phenoxy) is 1. The summed E-state index contributed by atoms with van der Waals surface area (Å²) in [6.07, 6.45) is 0. The maximum Gasteiger partial charge on any atom is 0.340 e. The van der Waals surface area contributed by atoms with Crippen LogP contribution in [-0.4, -0.2) is 5.97 Å². The van der Waals surface area contributed by atoms with Gasteiger partial charge in [0.1, 0.15) is 6.61 Å². The third kappa shape index (κ3) is 3.53. The molecule has 0 saturated carbocycles. The molecule has 2 rings (SSSR count). The van der Waals surface area contributed by atoms with Gasteiger partial charge in [-0.3, -0.25) is 0 Å². The zero-order valence-electron chi connectivity index (χ0n) is 11.4. The average molecular weight is 301 g/mol. The van der Waals surface area contributed by atoms with E-state index in [4.69, 9.17) is 27.3 Å².